The van der Waals surface area contributed by atoms with Gasteiger partial charge in [-0.2, -0.15) is 5.10 Å². The Morgan fingerprint density at radius 3 is 2.96 bits per heavy atom. The lowest BCUT2D eigenvalue weighted by Gasteiger charge is -2.28. The van der Waals surface area contributed by atoms with Gasteiger partial charge in [-0.25, -0.2) is 9.31 Å². The molecule has 26 heavy (non-hydrogen) atoms. The second-order valence-electron chi connectivity index (χ2n) is 7.10. The molecular weight excluding hydrogens is 354 g/mol. The molecule has 2 aromatic rings. The largest absolute Gasteiger partial charge is 0.328 e. The second kappa shape index (κ2) is 7.63. The lowest BCUT2D eigenvalue weighted by molar-refractivity contribution is -0.120. The van der Waals surface area contributed by atoms with Crippen LogP contribution in [0, 0.1) is 5.92 Å². The van der Waals surface area contributed by atoms with E-state index in [2.05, 4.69) is 34.8 Å². The van der Waals surface area contributed by atoms with Crippen molar-refractivity contribution in [1.82, 2.24) is 20.2 Å². The third kappa shape index (κ3) is 3.68. The zero-order valence-electron chi connectivity index (χ0n) is 14.8. The highest BCUT2D eigenvalue weighted by atomic mass is 35.5. The van der Waals surface area contributed by atoms with Gasteiger partial charge in [-0.3, -0.25) is 15.0 Å². The van der Waals surface area contributed by atoms with Gasteiger partial charge in [0.1, 0.15) is 0 Å². The Morgan fingerprint density at radius 1 is 1.35 bits per heavy atom. The van der Waals surface area contributed by atoms with E-state index in [4.69, 9.17) is 0 Å². The highest BCUT2D eigenvalue weighted by molar-refractivity contribution is 6.07. The van der Waals surface area contributed by atoms with Gasteiger partial charge >= 0.3 is 6.03 Å². The predicted octanol–water partition coefficient (Wildman–Crippen LogP) is 2.13. The number of imide groups is 1. The van der Waals surface area contributed by atoms with Crippen molar-refractivity contribution in [1.29, 1.82) is 0 Å². The summed E-state index contributed by atoms with van der Waals surface area (Å²) in [5, 5.41) is 10.2. The molecule has 2 N–H and O–H groups in total. The Kier molecular flexibility index (Phi) is 5.48. The Balaban J connectivity index is 0.00000196. The summed E-state index contributed by atoms with van der Waals surface area (Å²) in [6.07, 6.45) is 7.38. The first kappa shape index (κ1) is 18.7. The van der Waals surface area contributed by atoms with Gasteiger partial charge < -0.3 is 5.32 Å². The number of hydrogen-bond donors (Lipinski definition) is 2. The van der Waals surface area contributed by atoms with Crippen LogP contribution < -0.4 is 15.5 Å². The van der Waals surface area contributed by atoms with Gasteiger partial charge in [0.05, 0.1) is 17.4 Å². The average Bonchev–Trinajstić information content (AvgIpc) is 2.98. The molecular formula is C18H24ClN5O2. The standard InChI is InChI=1S/C18H23N5O2.ClH/c1-12-8-13(2-5-19-12)9-14-3-7-23-15(10-14)16(11-20-23)22-6-4-17(24)21-18(22)25;/h3,7,10-13,19H,2,4-6,8-9H2,1H3,(H,21,24,25);1H/t12-,13+;/m0./s1. The molecule has 0 aliphatic carbocycles. The molecule has 0 radical (unpaired) electrons. The van der Waals surface area contributed by atoms with E-state index in [0.717, 1.165) is 24.2 Å². The molecule has 2 atom stereocenters. The minimum atomic E-state index is -0.372. The van der Waals surface area contributed by atoms with E-state index in [9.17, 15) is 9.59 Å². The second-order valence-corrected chi connectivity index (χ2v) is 7.10. The first-order chi connectivity index (χ1) is 12.1. The normalized spacial score (nSPS) is 23.7. The molecule has 140 valence electrons. The Morgan fingerprint density at radius 2 is 2.19 bits per heavy atom. The van der Waals surface area contributed by atoms with Gasteiger partial charge in [-0.05, 0) is 56.3 Å². The van der Waals surface area contributed by atoms with E-state index in [1.54, 1.807) is 15.6 Å². The molecule has 0 bridgehead atoms. The maximum absolute atomic E-state index is 12.1. The number of pyridine rings is 1. The van der Waals surface area contributed by atoms with Crippen LogP contribution in [0.5, 0.6) is 0 Å². The highest BCUT2D eigenvalue weighted by Gasteiger charge is 2.26. The quantitative estimate of drug-likeness (QED) is 0.858. The molecule has 7 nitrogen and oxygen atoms in total. The third-order valence-corrected chi connectivity index (χ3v) is 5.17. The molecule has 4 heterocycles. The number of anilines is 1. The summed E-state index contributed by atoms with van der Waals surface area (Å²) in [5.74, 6) is 0.458. The van der Waals surface area contributed by atoms with Crippen LogP contribution in [0.15, 0.2) is 24.5 Å². The molecule has 0 spiro atoms. The lowest BCUT2D eigenvalue weighted by Crippen LogP contribution is -2.49. The van der Waals surface area contributed by atoms with E-state index in [-0.39, 0.29) is 24.3 Å². The highest BCUT2D eigenvalue weighted by Crippen LogP contribution is 2.26. The van der Waals surface area contributed by atoms with Crippen molar-refractivity contribution in [2.45, 2.75) is 38.6 Å². The van der Waals surface area contributed by atoms with Crippen LogP contribution in [0.2, 0.25) is 0 Å². The van der Waals surface area contributed by atoms with Crippen LogP contribution in [-0.4, -0.2) is 40.7 Å². The van der Waals surface area contributed by atoms with Crippen molar-refractivity contribution >= 4 is 35.5 Å². The number of carbonyl (C=O) groups excluding carboxylic acids is 2. The number of aromatic nitrogens is 2. The fourth-order valence-corrected chi connectivity index (χ4v) is 3.89. The van der Waals surface area contributed by atoms with Crippen molar-refractivity contribution in [2.75, 3.05) is 18.0 Å². The van der Waals surface area contributed by atoms with E-state index < -0.39 is 0 Å². The van der Waals surface area contributed by atoms with Gasteiger partial charge in [-0.15, -0.1) is 12.4 Å². The van der Waals surface area contributed by atoms with Crippen molar-refractivity contribution in [3.8, 4) is 0 Å². The molecule has 2 fully saturated rings. The minimum Gasteiger partial charge on any atom is -0.314 e. The summed E-state index contributed by atoms with van der Waals surface area (Å²) >= 11 is 0. The number of piperidine rings is 1. The zero-order valence-corrected chi connectivity index (χ0v) is 15.6. The lowest BCUT2D eigenvalue weighted by atomic mass is 9.88. The van der Waals surface area contributed by atoms with Gasteiger partial charge in [0, 0.05) is 25.2 Å². The van der Waals surface area contributed by atoms with Crippen molar-refractivity contribution in [3.05, 3.63) is 30.1 Å². The van der Waals surface area contributed by atoms with E-state index in [1.165, 1.54) is 18.4 Å². The number of amides is 3. The molecule has 0 aromatic carbocycles. The molecule has 3 amide bonds. The molecule has 2 aliphatic rings. The average molecular weight is 378 g/mol. The zero-order chi connectivity index (χ0) is 17.4. The summed E-state index contributed by atoms with van der Waals surface area (Å²) in [6, 6.07) is 4.43. The Labute approximate surface area is 158 Å². The number of carbonyl (C=O) groups is 2. The molecule has 2 aliphatic heterocycles. The summed E-state index contributed by atoms with van der Waals surface area (Å²) in [4.78, 5) is 25.1. The molecule has 0 unspecified atom stereocenters. The van der Waals surface area contributed by atoms with E-state index in [0.29, 0.717) is 24.9 Å². The first-order valence-corrected chi connectivity index (χ1v) is 8.91. The van der Waals surface area contributed by atoms with Crippen LogP contribution in [0.4, 0.5) is 10.5 Å². The van der Waals surface area contributed by atoms with E-state index >= 15 is 0 Å². The molecule has 0 saturated carbocycles. The number of hydrogen-bond acceptors (Lipinski definition) is 4. The van der Waals surface area contributed by atoms with Crippen molar-refractivity contribution in [2.24, 2.45) is 5.92 Å². The number of halogens is 1. The van der Waals surface area contributed by atoms with Crippen LogP contribution in [0.25, 0.3) is 5.52 Å². The van der Waals surface area contributed by atoms with Crippen molar-refractivity contribution in [3.63, 3.8) is 0 Å². The SMILES string of the molecule is C[C@H]1C[C@H](Cc2ccn3ncc(N4CCC(=O)NC4=O)c3c2)CCN1.Cl. The number of nitrogens with one attached hydrogen (secondary N) is 2. The monoisotopic (exact) mass is 377 g/mol. The summed E-state index contributed by atoms with van der Waals surface area (Å²) in [6.45, 7) is 3.71. The maximum atomic E-state index is 12.1. The summed E-state index contributed by atoms with van der Waals surface area (Å²) in [7, 11) is 0. The summed E-state index contributed by atoms with van der Waals surface area (Å²) in [5.41, 5.74) is 2.93. The fourth-order valence-electron chi connectivity index (χ4n) is 3.89. The number of urea groups is 1. The van der Waals surface area contributed by atoms with Crippen LogP contribution in [0.3, 0.4) is 0 Å². The Bertz CT molecular complexity index is 821. The predicted molar refractivity (Wildman–Crippen MR) is 102 cm³/mol. The van der Waals surface area contributed by atoms with Crippen LogP contribution in [0.1, 0.15) is 31.7 Å². The maximum Gasteiger partial charge on any atom is 0.328 e. The summed E-state index contributed by atoms with van der Waals surface area (Å²) < 4.78 is 1.79. The topological polar surface area (TPSA) is 78.7 Å². The van der Waals surface area contributed by atoms with Crippen molar-refractivity contribution < 1.29 is 9.59 Å². The fraction of sp³-hybridized carbons (Fsp3) is 0.500. The molecule has 2 saturated heterocycles. The number of nitrogens with zero attached hydrogens (tertiary/aromatic N) is 3. The minimum absolute atomic E-state index is 0. The third-order valence-electron chi connectivity index (χ3n) is 5.17. The van der Waals surface area contributed by atoms with Gasteiger partial charge in [0.15, 0.2) is 0 Å². The molecule has 4 rings (SSSR count). The first-order valence-electron chi connectivity index (χ1n) is 8.91. The van der Waals surface area contributed by atoms with Crippen LogP contribution >= 0.6 is 12.4 Å². The molecule has 2 aromatic heterocycles. The number of fused-ring (bicyclic) bond motifs is 1. The molecule has 8 heteroatoms. The number of rotatable bonds is 3. The van der Waals surface area contributed by atoms with Gasteiger partial charge in [0.25, 0.3) is 0 Å². The van der Waals surface area contributed by atoms with Gasteiger partial charge in [0.2, 0.25) is 5.91 Å². The van der Waals surface area contributed by atoms with E-state index in [1.807, 2.05) is 6.20 Å². The van der Waals surface area contributed by atoms with Crippen LogP contribution in [-0.2, 0) is 11.2 Å². The smallest absolute Gasteiger partial charge is 0.314 e. The van der Waals surface area contributed by atoms with Gasteiger partial charge in [-0.1, -0.05) is 0 Å². The Hall–Kier alpha value is -2.12.